The molecule has 1 nitrogen and oxygen atoms in total. The van der Waals surface area contributed by atoms with Crippen LogP contribution in [0.15, 0.2) is 77.9 Å². The van der Waals surface area contributed by atoms with Gasteiger partial charge in [-0.1, -0.05) is 27.7 Å². The maximum absolute atomic E-state index is 5.36. The Balaban J connectivity index is 0.00000121. The van der Waals surface area contributed by atoms with Crippen molar-refractivity contribution >= 4 is 17.8 Å². The third-order valence-corrected chi connectivity index (χ3v) is 5.29. The first-order valence-electron chi connectivity index (χ1n) is 12.1. The first kappa shape index (κ1) is 27.4. The average Bonchev–Trinajstić information content (AvgIpc) is 2.86. The van der Waals surface area contributed by atoms with E-state index in [1.54, 1.807) is 7.11 Å². The number of hydrogen-bond donors (Lipinski definition) is 0. The van der Waals surface area contributed by atoms with Crippen molar-refractivity contribution in [3.8, 4) is 16.9 Å². The number of hydrogen-bond acceptors (Lipinski definition) is 1. The molecule has 2 heteroatoms. The maximum atomic E-state index is 5.36. The fraction of sp³-hybridized carbons (Fsp3) is 0.367. The number of ether oxygens (including phenoxy) is 1. The quantitative estimate of drug-likeness (QED) is 0.426. The molecule has 170 valence electrons. The molecule has 2 aromatic rings. The van der Waals surface area contributed by atoms with Gasteiger partial charge < -0.3 is 0 Å². The fourth-order valence-electron chi connectivity index (χ4n) is 3.74. The Morgan fingerprint density at radius 2 is 1.69 bits per heavy atom. The second-order valence-corrected chi connectivity index (χ2v) is 7.38. The van der Waals surface area contributed by atoms with Gasteiger partial charge in [0.1, 0.15) is 0 Å². The number of allylic oxidation sites excluding steroid dienone is 6. The molecule has 0 radical (unpaired) electrons. The minimum absolute atomic E-state index is 0.889. The molecule has 0 aromatic heterocycles. The zero-order valence-corrected chi connectivity index (χ0v) is 21.5. The van der Waals surface area contributed by atoms with Crippen molar-refractivity contribution in [3.63, 3.8) is 0 Å². The minimum atomic E-state index is 0.889. The Kier molecular flexibility index (Phi) is 13.1. The fourth-order valence-corrected chi connectivity index (χ4v) is 3.74. The first-order valence-corrected chi connectivity index (χ1v) is 12.1. The van der Waals surface area contributed by atoms with Crippen molar-refractivity contribution in [3.05, 3.63) is 83.5 Å². The molecule has 0 saturated heterocycles. The van der Waals surface area contributed by atoms with Crippen molar-refractivity contribution in [2.75, 3.05) is 7.11 Å². The summed E-state index contributed by atoms with van der Waals surface area (Å²) < 4.78 is 5.36. The molecule has 0 saturated carbocycles. The number of rotatable bonds is 6. The molecular formula is C30H41BO. The second kappa shape index (κ2) is 15.2. The van der Waals surface area contributed by atoms with Gasteiger partial charge in [0.25, 0.3) is 0 Å². The summed E-state index contributed by atoms with van der Waals surface area (Å²) in [6, 6.07) is 14.9. The molecule has 0 atom stereocenters. The summed E-state index contributed by atoms with van der Waals surface area (Å²) in [5.74, 6) is 0.889. The van der Waals surface area contributed by atoms with Gasteiger partial charge in [-0.25, -0.2) is 0 Å². The molecule has 1 aliphatic rings. The van der Waals surface area contributed by atoms with Crippen LogP contribution in [0.2, 0.25) is 0 Å². The van der Waals surface area contributed by atoms with Crippen molar-refractivity contribution in [2.45, 2.75) is 67.7 Å². The van der Waals surface area contributed by atoms with Crippen LogP contribution in [0.1, 0.15) is 66.4 Å². The molecular weight excluding hydrogens is 387 g/mol. The predicted molar refractivity (Wildman–Crippen MR) is 147 cm³/mol. The van der Waals surface area contributed by atoms with Crippen molar-refractivity contribution in [2.24, 2.45) is 0 Å². The van der Waals surface area contributed by atoms with Gasteiger partial charge >= 0.3 is 170 Å². The Bertz CT molecular complexity index is 961. The third-order valence-electron chi connectivity index (χ3n) is 5.29. The summed E-state index contributed by atoms with van der Waals surface area (Å²) in [5, 5.41) is 0. The van der Waals surface area contributed by atoms with Crippen LogP contribution in [0.4, 0.5) is 0 Å². The van der Waals surface area contributed by atoms with Crippen molar-refractivity contribution in [1.29, 1.82) is 0 Å². The molecule has 0 fully saturated rings. The van der Waals surface area contributed by atoms with Crippen LogP contribution in [0.5, 0.6) is 5.75 Å². The molecule has 0 bridgehead atoms. The van der Waals surface area contributed by atoms with Crippen molar-refractivity contribution in [1.82, 2.24) is 0 Å². The van der Waals surface area contributed by atoms with E-state index in [0.29, 0.717) is 0 Å². The number of methoxy groups -OCH3 is 1. The molecule has 32 heavy (non-hydrogen) atoms. The van der Waals surface area contributed by atoms with Gasteiger partial charge in [-0.2, -0.15) is 0 Å². The van der Waals surface area contributed by atoms with Crippen LogP contribution in [0, 0.1) is 6.92 Å². The molecule has 0 heterocycles. The third kappa shape index (κ3) is 7.82. The second-order valence-electron chi connectivity index (χ2n) is 7.38. The standard InChI is InChI=1S/C26H29BO.2C2H6/c1-5-10-25(21-11-7-6-8-12-21)20(3)27-26-16-15-23(17-19(26)2)22-13-9-14-24(18-22)28-4;2*1-2/h6-9,11,13-18H,5,10,12H2,1-4H3;2*1-2H3/b25-21+;;. The van der Waals surface area contributed by atoms with Crippen LogP contribution >= 0.6 is 0 Å². The molecule has 2 aromatic carbocycles. The summed E-state index contributed by atoms with van der Waals surface area (Å²) in [5.41, 5.74) is 9.28. The zero-order chi connectivity index (χ0) is 23.9. The van der Waals surface area contributed by atoms with E-state index in [2.05, 4.69) is 82.3 Å². The Labute approximate surface area is 197 Å². The summed E-state index contributed by atoms with van der Waals surface area (Å²) in [6.07, 6.45) is 12.1. The summed E-state index contributed by atoms with van der Waals surface area (Å²) in [6.45, 7) is 17.0. The average molecular weight is 428 g/mol. The molecule has 0 unspecified atom stereocenters. The van der Waals surface area contributed by atoms with E-state index in [-0.39, 0.29) is 0 Å². The SMILES string of the molecule is CC.CC.CCC/C(C(C)=Bc1ccc(-c2cccc(OC)c2)cc1C)=C1/C=CC=CC1. The van der Waals surface area contributed by atoms with Gasteiger partial charge in [-0.3, -0.25) is 0 Å². The Hall–Kier alpha value is -2.61. The van der Waals surface area contributed by atoms with E-state index in [0.717, 1.165) is 25.0 Å². The molecule has 0 N–H and O–H groups in total. The molecule has 0 spiro atoms. The summed E-state index contributed by atoms with van der Waals surface area (Å²) in [4.78, 5) is 0. The Morgan fingerprint density at radius 3 is 2.28 bits per heavy atom. The molecule has 1 aliphatic carbocycles. The Morgan fingerprint density at radius 1 is 0.969 bits per heavy atom. The zero-order valence-electron chi connectivity index (χ0n) is 21.5. The number of benzene rings is 2. The normalized spacial score (nSPS) is 13.8. The van der Waals surface area contributed by atoms with Gasteiger partial charge in [0.15, 0.2) is 0 Å². The predicted octanol–water partition coefficient (Wildman–Crippen LogP) is 7.86. The van der Waals surface area contributed by atoms with Gasteiger partial charge in [0.05, 0.1) is 0 Å². The molecule has 0 aliphatic heterocycles. The summed E-state index contributed by atoms with van der Waals surface area (Å²) in [7, 11) is 1.71. The van der Waals surface area contributed by atoms with Crippen molar-refractivity contribution < 1.29 is 4.74 Å². The molecule has 0 amide bonds. The van der Waals surface area contributed by atoms with Crippen LogP contribution in [-0.2, 0) is 0 Å². The van der Waals surface area contributed by atoms with Crippen LogP contribution < -0.4 is 10.2 Å². The monoisotopic (exact) mass is 428 g/mol. The van der Waals surface area contributed by atoms with Crippen LogP contribution in [0.25, 0.3) is 11.1 Å². The first-order chi connectivity index (χ1) is 15.6. The molecule has 3 rings (SSSR count). The van der Waals surface area contributed by atoms with Gasteiger partial charge in [0, 0.05) is 0 Å². The van der Waals surface area contributed by atoms with E-state index in [1.165, 1.54) is 38.8 Å². The van der Waals surface area contributed by atoms with E-state index >= 15 is 0 Å². The van der Waals surface area contributed by atoms with E-state index in [4.69, 9.17) is 4.74 Å². The van der Waals surface area contributed by atoms with Gasteiger partial charge in [-0.05, 0) is 0 Å². The van der Waals surface area contributed by atoms with Gasteiger partial charge in [-0.15, -0.1) is 0 Å². The van der Waals surface area contributed by atoms with E-state index in [9.17, 15) is 0 Å². The van der Waals surface area contributed by atoms with Crippen LogP contribution in [-0.4, -0.2) is 19.5 Å². The van der Waals surface area contributed by atoms with E-state index < -0.39 is 0 Å². The number of aryl methyl sites for hydroxylation is 1. The van der Waals surface area contributed by atoms with E-state index in [1.807, 2.05) is 39.8 Å². The van der Waals surface area contributed by atoms with Gasteiger partial charge in [0.2, 0.25) is 0 Å². The topological polar surface area (TPSA) is 9.23 Å². The summed E-state index contributed by atoms with van der Waals surface area (Å²) >= 11 is 0. The van der Waals surface area contributed by atoms with Crippen LogP contribution in [0.3, 0.4) is 0 Å².